The average Bonchev–Trinajstić information content (AvgIpc) is 2.90. The maximum Gasteiger partial charge on any atom is 0.311 e. The predicted molar refractivity (Wildman–Crippen MR) is 145 cm³/mol. The Morgan fingerprint density at radius 3 is 2.43 bits per heavy atom. The Labute approximate surface area is 215 Å². The summed E-state index contributed by atoms with van der Waals surface area (Å²) in [5.41, 5.74) is 5.65. The summed E-state index contributed by atoms with van der Waals surface area (Å²) in [7, 11) is 0. The molecule has 37 heavy (non-hydrogen) atoms. The summed E-state index contributed by atoms with van der Waals surface area (Å²) in [6.45, 7) is 4.46. The van der Waals surface area contributed by atoms with Gasteiger partial charge in [0.15, 0.2) is 5.43 Å². The van der Waals surface area contributed by atoms with Crippen LogP contribution in [0.2, 0.25) is 0 Å². The van der Waals surface area contributed by atoms with Crippen LogP contribution in [0.25, 0.3) is 33.4 Å². The van der Waals surface area contributed by atoms with Crippen molar-refractivity contribution in [3.05, 3.63) is 106 Å². The van der Waals surface area contributed by atoms with Crippen LogP contribution in [0, 0.1) is 6.92 Å². The molecule has 5 heteroatoms. The lowest BCUT2D eigenvalue weighted by molar-refractivity contribution is -0.134. The lowest BCUT2D eigenvalue weighted by atomic mass is 9.91. The second-order valence-corrected chi connectivity index (χ2v) is 9.12. The number of rotatable bonds is 8. The summed E-state index contributed by atoms with van der Waals surface area (Å²) in [4.78, 5) is 23.9. The van der Waals surface area contributed by atoms with Gasteiger partial charge in [0.25, 0.3) is 0 Å². The van der Waals surface area contributed by atoms with E-state index in [4.69, 9.17) is 13.9 Å². The van der Waals surface area contributed by atoms with E-state index in [1.165, 1.54) is 6.07 Å². The highest BCUT2D eigenvalue weighted by atomic mass is 16.5. The molecule has 0 amide bonds. The van der Waals surface area contributed by atoms with Gasteiger partial charge in [-0.3, -0.25) is 9.59 Å². The molecular weight excluding hydrogens is 464 g/mol. The molecule has 0 radical (unpaired) electrons. The summed E-state index contributed by atoms with van der Waals surface area (Å²) in [6.07, 6.45) is 2.20. The standard InChI is InChI=1S/C32H28O5/c1-3-4-9-31(34)36-24-13-10-22(11-14-24)20-35-25-15-17-28-30(19-25)37-29-18-23(33)12-16-27(29)32(28)26-8-6-5-7-21(26)2/h5-8,10-19H,3-4,9,20H2,1-2H3. The van der Waals surface area contributed by atoms with Crippen LogP contribution in [0.15, 0.2) is 94.1 Å². The molecule has 0 saturated carbocycles. The predicted octanol–water partition coefficient (Wildman–Crippen LogP) is 7.55. The van der Waals surface area contributed by atoms with Crippen molar-refractivity contribution in [2.75, 3.05) is 0 Å². The first-order chi connectivity index (χ1) is 18.0. The van der Waals surface area contributed by atoms with Gasteiger partial charge in [-0.15, -0.1) is 0 Å². The normalized spacial score (nSPS) is 11.1. The van der Waals surface area contributed by atoms with Crippen molar-refractivity contribution >= 4 is 16.9 Å². The molecular formula is C32H28O5. The molecule has 3 aromatic carbocycles. The van der Waals surface area contributed by atoms with Crippen LogP contribution < -0.4 is 14.9 Å². The van der Waals surface area contributed by atoms with Gasteiger partial charge in [-0.2, -0.15) is 0 Å². The van der Waals surface area contributed by atoms with Crippen LogP contribution in [-0.2, 0) is 11.4 Å². The molecule has 0 unspecified atom stereocenters. The molecule has 0 spiro atoms. The lowest BCUT2D eigenvalue weighted by Crippen LogP contribution is -2.07. The van der Waals surface area contributed by atoms with Gasteiger partial charge in [-0.25, -0.2) is 0 Å². The van der Waals surface area contributed by atoms with Crippen LogP contribution in [0.4, 0.5) is 0 Å². The number of carbonyl (C=O) groups excluding carboxylic acids is 1. The van der Waals surface area contributed by atoms with E-state index in [1.807, 2.05) is 55.5 Å². The van der Waals surface area contributed by atoms with E-state index >= 15 is 0 Å². The molecule has 0 N–H and O–H groups in total. The highest BCUT2D eigenvalue weighted by Gasteiger charge is 2.19. The Bertz CT molecular complexity index is 1580. The molecule has 186 valence electrons. The fraction of sp³-hybridized carbons (Fsp3) is 0.188. The molecule has 0 bridgehead atoms. The molecule has 0 atom stereocenters. The molecule has 0 fully saturated rings. The maximum absolute atomic E-state index is 12.1. The summed E-state index contributed by atoms with van der Waals surface area (Å²) < 4.78 is 17.6. The Morgan fingerprint density at radius 2 is 1.65 bits per heavy atom. The zero-order valence-electron chi connectivity index (χ0n) is 21.0. The van der Waals surface area contributed by atoms with E-state index < -0.39 is 0 Å². The van der Waals surface area contributed by atoms with Gasteiger partial charge in [0.2, 0.25) is 0 Å². The van der Waals surface area contributed by atoms with Crippen LogP contribution in [0.1, 0.15) is 37.3 Å². The van der Waals surface area contributed by atoms with Crippen molar-refractivity contribution in [2.24, 2.45) is 0 Å². The Morgan fingerprint density at radius 1 is 0.865 bits per heavy atom. The number of esters is 1. The van der Waals surface area contributed by atoms with Crippen LogP contribution >= 0.6 is 0 Å². The molecule has 2 aliphatic rings. The third-order valence-corrected chi connectivity index (χ3v) is 6.37. The summed E-state index contributed by atoms with van der Waals surface area (Å²) >= 11 is 0. The zero-order valence-corrected chi connectivity index (χ0v) is 21.0. The number of carbonyl (C=O) groups is 1. The summed E-state index contributed by atoms with van der Waals surface area (Å²) in [6, 6.07) is 26.2. The van der Waals surface area contributed by atoms with Crippen molar-refractivity contribution in [3.8, 4) is 33.9 Å². The van der Waals surface area contributed by atoms with E-state index in [9.17, 15) is 9.59 Å². The van der Waals surface area contributed by atoms with Gasteiger partial charge >= 0.3 is 5.97 Å². The third-order valence-electron chi connectivity index (χ3n) is 6.37. The smallest absolute Gasteiger partial charge is 0.311 e. The highest BCUT2D eigenvalue weighted by molar-refractivity contribution is 6.02. The summed E-state index contributed by atoms with van der Waals surface area (Å²) in [5, 5.41) is 0.946. The first-order valence-electron chi connectivity index (χ1n) is 12.5. The van der Waals surface area contributed by atoms with Gasteiger partial charge in [0.1, 0.15) is 29.4 Å². The number of hydrogen-bond donors (Lipinski definition) is 0. The second-order valence-electron chi connectivity index (χ2n) is 9.12. The number of ether oxygens (including phenoxy) is 2. The van der Waals surface area contributed by atoms with Gasteiger partial charge in [0, 0.05) is 35.1 Å². The molecule has 5 nitrogen and oxygen atoms in total. The Balaban J connectivity index is 1.41. The zero-order chi connectivity index (χ0) is 25.8. The Kier molecular flexibility index (Phi) is 7.04. The molecule has 3 aromatic rings. The van der Waals surface area contributed by atoms with Gasteiger partial charge in [-0.1, -0.05) is 49.7 Å². The number of benzene rings is 4. The fourth-order valence-corrected chi connectivity index (χ4v) is 4.41. The minimum atomic E-state index is -0.215. The summed E-state index contributed by atoms with van der Waals surface area (Å²) in [5.74, 6) is 1.51. The third kappa shape index (κ3) is 5.41. The van der Waals surface area contributed by atoms with Crippen LogP contribution in [-0.4, -0.2) is 5.97 Å². The molecule has 1 aliphatic carbocycles. The minimum Gasteiger partial charge on any atom is -0.489 e. The van der Waals surface area contributed by atoms with Crippen LogP contribution in [0.3, 0.4) is 0 Å². The Hall–Kier alpha value is -4.38. The fourth-order valence-electron chi connectivity index (χ4n) is 4.41. The van der Waals surface area contributed by atoms with E-state index in [-0.39, 0.29) is 11.4 Å². The average molecular weight is 493 g/mol. The first-order valence-corrected chi connectivity index (χ1v) is 12.5. The van der Waals surface area contributed by atoms with Crippen molar-refractivity contribution in [2.45, 2.75) is 39.7 Å². The van der Waals surface area contributed by atoms with Gasteiger partial charge in [0.05, 0.1) is 0 Å². The van der Waals surface area contributed by atoms with E-state index in [0.29, 0.717) is 35.9 Å². The molecule has 0 saturated heterocycles. The molecule has 1 aliphatic heterocycles. The van der Waals surface area contributed by atoms with E-state index in [1.54, 1.807) is 18.2 Å². The SMILES string of the molecule is CCCCC(=O)Oc1ccc(COc2ccc3c(-c4ccccc4C)c4ccc(=O)cc-4oc3c2)cc1. The quantitative estimate of drug-likeness (QED) is 0.127. The molecule has 1 heterocycles. The minimum absolute atomic E-state index is 0.0989. The topological polar surface area (TPSA) is 65.7 Å². The second kappa shape index (κ2) is 10.7. The van der Waals surface area contributed by atoms with Gasteiger partial charge in [-0.05, 0) is 66.4 Å². The van der Waals surface area contributed by atoms with E-state index in [2.05, 4.69) is 19.1 Å². The lowest BCUT2D eigenvalue weighted by Gasteiger charge is -2.17. The van der Waals surface area contributed by atoms with Gasteiger partial charge < -0.3 is 13.9 Å². The molecule has 0 aromatic heterocycles. The van der Waals surface area contributed by atoms with Crippen LogP contribution in [0.5, 0.6) is 11.5 Å². The number of fused-ring (bicyclic) bond motifs is 2. The van der Waals surface area contributed by atoms with Crippen molar-refractivity contribution in [1.29, 1.82) is 0 Å². The number of unbranched alkanes of at least 4 members (excludes halogenated alkanes) is 1. The first kappa shape index (κ1) is 24.3. The van der Waals surface area contributed by atoms with Crippen molar-refractivity contribution in [3.63, 3.8) is 0 Å². The van der Waals surface area contributed by atoms with Crippen molar-refractivity contribution in [1.82, 2.24) is 0 Å². The van der Waals surface area contributed by atoms with E-state index in [0.717, 1.165) is 46.0 Å². The largest absolute Gasteiger partial charge is 0.489 e. The number of aryl methyl sites for hydroxylation is 1. The highest BCUT2D eigenvalue weighted by Crippen LogP contribution is 2.41. The molecule has 5 rings (SSSR count). The maximum atomic E-state index is 12.1. The monoisotopic (exact) mass is 492 g/mol. The van der Waals surface area contributed by atoms with Crippen molar-refractivity contribution < 1.29 is 18.7 Å². The number of hydrogen-bond acceptors (Lipinski definition) is 5.